The fourth-order valence-electron chi connectivity index (χ4n) is 16.3. The number of carboxylic acids is 1. The SMILES string of the molecule is CCCCC[C@@H]1C=C[C@H](CCCC[C@@H]2CC[C@H](c3cc(CC)c(-c4cc(O)cc(O)c4Cc4ccc(C(C)C)cc4)[nH]3)[C@@H]3C[C@@H](C4(C5=CCNC(N)=C5)CCCC4)C[C@]3(O)[C@@H](CNC3CCCC3)C[C@H](O)[C@@H]2C(=O)O)[C@H](O)C1. The molecule has 1 aromatic heterocycles. The summed E-state index contributed by atoms with van der Waals surface area (Å²) in [4.78, 5) is 17.8. The summed E-state index contributed by atoms with van der Waals surface area (Å²) in [5, 5.41) is 79.7. The molecule has 11 nitrogen and oxygen atoms in total. The van der Waals surface area contributed by atoms with Crippen LogP contribution in [0.1, 0.15) is 209 Å². The van der Waals surface area contributed by atoms with Crippen LogP contribution in [0, 0.1) is 46.8 Å². The first-order chi connectivity index (χ1) is 37.6. The number of aliphatic hydroxyl groups is 3. The maximum atomic E-state index is 14.3. The van der Waals surface area contributed by atoms with Crippen LogP contribution in [0.2, 0.25) is 0 Å². The van der Waals surface area contributed by atoms with Gasteiger partial charge in [-0.25, -0.2) is 0 Å². The predicted octanol–water partition coefficient (Wildman–Crippen LogP) is 12.8. The monoisotopic (exact) mass is 1070 g/mol. The highest BCUT2D eigenvalue weighted by atomic mass is 16.4. The quantitative estimate of drug-likeness (QED) is 0.0361. The number of H-pyrrole nitrogens is 1. The Morgan fingerprint density at radius 2 is 1.60 bits per heavy atom. The van der Waals surface area contributed by atoms with Gasteiger partial charge in [0.25, 0.3) is 0 Å². The van der Waals surface area contributed by atoms with Crippen molar-refractivity contribution in [3.05, 3.63) is 106 Å². The van der Waals surface area contributed by atoms with Gasteiger partial charge in [0.05, 0.1) is 29.5 Å². The van der Waals surface area contributed by atoms with Crippen molar-refractivity contribution in [2.75, 3.05) is 13.1 Å². The summed E-state index contributed by atoms with van der Waals surface area (Å²) in [6, 6.07) is 14.3. The highest BCUT2D eigenvalue weighted by molar-refractivity contribution is 5.73. The van der Waals surface area contributed by atoms with Crippen LogP contribution in [0.4, 0.5) is 0 Å². The molecule has 0 spiro atoms. The number of aliphatic hydroxyl groups excluding tert-OH is 2. The minimum atomic E-state index is -1.26. The van der Waals surface area contributed by atoms with Gasteiger partial charge in [0.2, 0.25) is 0 Å². The Labute approximate surface area is 467 Å². The van der Waals surface area contributed by atoms with Crippen molar-refractivity contribution < 1.29 is 35.4 Å². The molecule has 0 unspecified atom stereocenters. The van der Waals surface area contributed by atoms with E-state index < -0.39 is 29.5 Å². The Hall–Kier alpha value is -4.55. The molecule has 2 heterocycles. The van der Waals surface area contributed by atoms with Crippen molar-refractivity contribution in [2.24, 2.45) is 52.6 Å². The fourth-order valence-corrected chi connectivity index (χ4v) is 16.3. The fraction of sp³-hybridized carbons (Fsp3) is 0.657. The first-order valence-corrected chi connectivity index (χ1v) is 31.1. The van der Waals surface area contributed by atoms with Gasteiger partial charge in [-0.05, 0) is 165 Å². The molecule has 0 amide bonds. The topological polar surface area (TPSA) is 204 Å². The number of fused-ring (bicyclic) bond motifs is 1. The predicted molar refractivity (Wildman–Crippen MR) is 313 cm³/mol. The lowest BCUT2D eigenvalue weighted by molar-refractivity contribution is -0.152. The number of rotatable bonds is 21. The third-order valence-electron chi connectivity index (χ3n) is 20.7. The van der Waals surface area contributed by atoms with Gasteiger partial charge in [0, 0.05) is 71.9 Å². The summed E-state index contributed by atoms with van der Waals surface area (Å²) in [6.45, 7) is 9.89. The lowest BCUT2D eigenvalue weighted by Crippen LogP contribution is -2.52. The second-order valence-electron chi connectivity index (χ2n) is 25.9. The van der Waals surface area contributed by atoms with Crippen LogP contribution >= 0.6 is 0 Å². The summed E-state index contributed by atoms with van der Waals surface area (Å²) in [5.41, 5.74) is 13.0. The molecule has 6 aliphatic rings. The summed E-state index contributed by atoms with van der Waals surface area (Å²) < 4.78 is 0. The minimum absolute atomic E-state index is 0.0191. The average Bonchev–Trinajstić information content (AvgIpc) is 4.47. The Morgan fingerprint density at radius 1 is 0.859 bits per heavy atom. The van der Waals surface area contributed by atoms with Gasteiger partial charge in [-0.3, -0.25) is 4.79 Å². The molecule has 78 heavy (non-hydrogen) atoms. The van der Waals surface area contributed by atoms with Crippen molar-refractivity contribution >= 4 is 5.97 Å². The van der Waals surface area contributed by atoms with Crippen molar-refractivity contribution in [3.63, 3.8) is 0 Å². The number of nitrogens with one attached hydrogen (secondary N) is 3. The first-order valence-electron chi connectivity index (χ1n) is 31.1. The van der Waals surface area contributed by atoms with Crippen LogP contribution in [0.15, 0.2) is 78.2 Å². The van der Waals surface area contributed by atoms with E-state index in [1.54, 1.807) is 6.07 Å². The van der Waals surface area contributed by atoms with E-state index in [-0.39, 0.29) is 59.0 Å². The normalized spacial score (nSPS) is 30.5. The lowest BCUT2D eigenvalue weighted by atomic mass is 9.65. The van der Waals surface area contributed by atoms with E-state index >= 15 is 0 Å². The third-order valence-corrected chi connectivity index (χ3v) is 20.7. The van der Waals surface area contributed by atoms with Gasteiger partial charge in [0.15, 0.2) is 0 Å². The number of aryl methyl sites for hydroxylation is 1. The Bertz CT molecular complexity index is 2550. The van der Waals surface area contributed by atoms with Gasteiger partial charge >= 0.3 is 5.97 Å². The van der Waals surface area contributed by atoms with Gasteiger partial charge in [-0.15, -0.1) is 0 Å². The molecule has 4 fully saturated rings. The molecule has 5 aliphatic carbocycles. The molecule has 428 valence electrons. The molecule has 2 aromatic carbocycles. The highest BCUT2D eigenvalue weighted by Gasteiger charge is 2.60. The number of phenolic OH excluding ortho intramolecular Hbond substituents is 2. The zero-order valence-corrected chi connectivity index (χ0v) is 47.8. The second-order valence-corrected chi connectivity index (χ2v) is 25.9. The van der Waals surface area contributed by atoms with Crippen molar-refractivity contribution in [1.82, 2.24) is 15.6 Å². The molecular formula is C67H98N4O7. The first kappa shape index (κ1) is 58.1. The molecule has 0 saturated heterocycles. The number of carbonyl (C=O) groups is 1. The third kappa shape index (κ3) is 13.0. The molecule has 11 heteroatoms. The number of hydrogen-bond acceptors (Lipinski definition) is 9. The second kappa shape index (κ2) is 25.9. The maximum Gasteiger partial charge on any atom is 0.309 e. The molecule has 1 aliphatic heterocycles. The number of aromatic amines is 1. The number of phenols is 2. The van der Waals surface area contributed by atoms with Crippen molar-refractivity contribution in [1.29, 1.82) is 0 Å². The number of unbranched alkanes of at least 4 members (excludes halogenated alkanes) is 3. The van der Waals surface area contributed by atoms with Crippen molar-refractivity contribution in [2.45, 2.75) is 217 Å². The van der Waals surface area contributed by atoms with E-state index in [2.05, 4.69) is 97.9 Å². The molecule has 0 radical (unpaired) electrons. The van der Waals surface area contributed by atoms with Gasteiger partial charge in [-0.2, -0.15) is 0 Å². The summed E-state index contributed by atoms with van der Waals surface area (Å²) in [5.74, 6) is -1.43. The van der Waals surface area contributed by atoms with Gasteiger partial charge in [0.1, 0.15) is 11.5 Å². The number of carboxylic acid groups (broad SMARTS) is 1. The number of aromatic hydroxyl groups is 2. The van der Waals surface area contributed by atoms with E-state index in [1.807, 2.05) is 0 Å². The lowest BCUT2D eigenvalue weighted by Gasteiger charge is -2.45. The number of nitrogens with two attached hydrogens (primary N) is 1. The molecule has 11 atom stereocenters. The number of aliphatic carboxylic acids is 1. The van der Waals surface area contributed by atoms with E-state index in [4.69, 9.17) is 5.73 Å². The molecular weight excluding hydrogens is 973 g/mol. The summed E-state index contributed by atoms with van der Waals surface area (Å²) in [6.07, 6.45) is 28.7. The van der Waals surface area contributed by atoms with E-state index in [1.165, 1.54) is 36.5 Å². The van der Waals surface area contributed by atoms with Crippen LogP contribution in [0.25, 0.3) is 11.3 Å². The molecule has 4 saturated carbocycles. The highest BCUT2D eigenvalue weighted by Crippen LogP contribution is 2.63. The van der Waals surface area contributed by atoms with Gasteiger partial charge in [-0.1, -0.05) is 128 Å². The summed E-state index contributed by atoms with van der Waals surface area (Å²) in [7, 11) is 0. The van der Waals surface area contributed by atoms with Crippen molar-refractivity contribution in [3.8, 4) is 22.8 Å². The minimum Gasteiger partial charge on any atom is -0.508 e. The Morgan fingerprint density at radius 3 is 2.29 bits per heavy atom. The Kier molecular flexibility index (Phi) is 19.3. The number of hydrogen-bond donors (Lipinski definition) is 10. The standard InChI is InChI=1S/C67H98N4O7/c1-5-7-8-15-43-22-25-47(59(73)33-43)16-9-10-17-48-26-27-54(58-34-45(6-2)64(71-58)56-38-53(72)39-60(74)55(56)32-44-20-23-46(24-21-44)42(3)4)57-35-50(66(29-13-14-30-66)49-28-31-69-62(68)37-49)40-67(57,78)51(36-61(75)63(48)65(76)77)41-70-52-18-11-12-19-52/h20-25,28,34,37-39,42-43,47-48,50-52,54,57,59,61,63,69-75,78H,5-19,26-27,29-33,35-36,40-41,68H2,1-4H3,(H,76,77)/t43-,47+,48-,50-,51-,54+,57+,59-,61+,63-,67+/m1/s1. The largest absolute Gasteiger partial charge is 0.508 e. The van der Waals surface area contributed by atoms with E-state index in [0.29, 0.717) is 75.3 Å². The molecule has 0 bridgehead atoms. The summed E-state index contributed by atoms with van der Waals surface area (Å²) >= 11 is 0. The van der Waals surface area contributed by atoms with Crippen LogP contribution in [0.3, 0.4) is 0 Å². The molecule has 9 rings (SSSR count). The van der Waals surface area contributed by atoms with Crippen LogP contribution < -0.4 is 16.4 Å². The van der Waals surface area contributed by atoms with Crippen LogP contribution in [-0.4, -0.2) is 78.5 Å². The van der Waals surface area contributed by atoms with Crippen LogP contribution in [-0.2, 0) is 17.6 Å². The zero-order chi connectivity index (χ0) is 55.1. The Balaban J connectivity index is 1.11. The van der Waals surface area contributed by atoms with E-state index in [0.717, 1.165) is 124 Å². The maximum absolute atomic E-state index is 14.3. The zero-order valence-electron chi connectivity index (χ0n) is 47.8. The number of benzene rings is 2. The molecule has 3 aromatic rings. The number of allylic oxidation sites excluding steroid dienone is 3. The number of aromatic nitrogens is 1. The van der Waals surface area contributed by atoms with Gasteiger partial charge < -0.3 is 52.0 Å². The average molecular weight is 1070 g/mol. The van der Waals surface area contributed by atoms with E-state index in [9.17, 15) is 35.4 Å². The number of dihydropyridines is 1. The van der Waals surface area contributed by atoms with Crippen LogP contribution in [0.5, 0.6) is 11.5 Å². The molecule has 11 N–H and O–H groups in total. The smallest absolute Gasteiger partial charge is 0.309 e.